The molecule has 0 saturated heterocycles. The predicted octanol–water partition coefficient (Wildman–Crippen LogP) is -0.173. The quantitative estimate of drug-likeness (QED) is 0.469. The number of rotatable bonds is 1. The molecule has 0 aliphatic rings. The molecule has 0 rings (SSSR count). The minimum absolute atomic E-state index is 0. The highest BCUT2D eigenvalue weighted by molar-refractivity contribution is 4.57. The van der Waals surface area contributed by atoms with Crippen LogP contribution in [-0.2, 0) is 0 Å². The van der Waals surface area contributed by atoms with Gasteiger partial charge in [-0.15, -0.1) is 0 Å². The van der Waals surface area contributed by atoms with Crippen molar-refractivity contribution in [2.75, 3.05) is 0 Å². The summed E-state index contributed by atoms with van der Waals surface area (Å²) in [5.74, 6) is 0. The summed E-state index contributed by atoms with van der Waals surface area (Å²) < 4.78 is 0. The molecular formula is C4H12NO. The highest BCUT2D eigenvalue weighted by Crippen LogP contribution is 1.81. The van der Waals surface area contributed by atoms with Crippen molar-refractivity contribution in [3.05, 3.63) is 0 Å². The van der Waals surface area contributed by atoms with Gasteiger partial charge < -0.3 is 10.8 Å². The van der Waals surface area contributed by atoms with Gasteiger partial charge in [0.15, 0.2) is 0 Å². The van der Waals surface area contributed by atoms with Crippen molar-refractivity contribution in [1.82, 2.24) is 0 Å². The molecule has 0 amide bonds. The average molecular weight is 90.1 g/mol. The zero-order valence-electron chi connectivity index (χ0n) is 5.18. The summed E-state index contributed by atoms with van der Waals surface area (Å²) >= 11 is 0. The lowest BCUT2D eigenvalue weighted by Gasteiger charge is -2.04. The molecule has 0 aromatic carbocycles. The molecule has 3 N–H and O–H groups in total. The topological polar surface area (TPSA) is 46.2 Å². The second-order valence-electron chi connectivity index (χ2n) is 1.60. The Hall–Kier alpha value is -0.0800. The maximum Gasteiger partial charge on any atom is 0.0660 e. The Kier molecular flexibility index (Phi) is 2.13. The van der Waals surface area contributed by atoms with E-state index in [1.807, 2.05) is 0 Å². The Morgan fingerprint density at radius 3 is 1.83 bits per heavy atom. The molecule has 0 bridgehead atoms. The molecule has 2 nitrogen and oxygen atoms in total. The van der Waals surface area contributed by atoms with E-state index >= 15 is 0 Å². The number of nitrogens with two attached hydrogens (primary N) is 1. The van der Waals surface area contributed by atoms with Crippen molar-refractivity contribution >= 4 is 0 Å². The third-order valence-electron chi connectivity index (χ3n) is 0.761. The molecular weight excluding hydrogens is 78.0 g/mol. The van der Waals surface area contributed by atoms with E-state index in [4.69, 9.17) is 10.8 Å². The van der Waals surface area contributed by atoms with Crippen LogP contribution < -0.4 is 5.73 Å². The summed E-state index contributed by atoms with van der Waals surface area (Å²) in [5, 5.41) is 8.50. The lowest BCUT2D eigenvalue weighted by atomic mass is 10.2. The van der Waals surface area contributed by atoms with Crippen LogP contribution in [0, 0.1) is 0 Å². The summed E-state index contributed by atoms with van der Waals surface area (Å²) in [6.07, 6.45) is -0.370. The van der Waals surface area contributed by atoms with Gasteiger partial charge in [0.1, 0.15) is 0 Å². The van der Waals surface area contributed by atoms with Gasteiger partial charge in [0, 0.05) is 7.47 Å². The van der Waals surface area contributed by atoms with Crippen LogP contribution in [-0.4, -0.2) is 17.3 Å². The first-order chi connectivity index (χ1) is 2.64. The summed E-state index contributed by atoms with van der Waals surface area (Å²) in [7, 11) is 0. The Bertz CT molecular complexity index is 32.7. The summed E-state index contributed by atoms with van der Waals surface area (Å²) in [4.78, 5) is 0. The standard InChI is InChI=1S/C4H11NO.H/c1-3(5)4(2)6;/h3-4,6H,5H2,1-2H3;/t3?,4-;/m1./s1. The van der Waals surface area contributed by atoms with E-state index in [2.05, 4.69) is 0 Å². The van der Waals surface area contributed by atoms with Gasteiger partial charge >= 0.3 is 0 Å². The summed E-state index contributed by atoms with van der Waals surface area (Å²) in [5.41, 5.74) is 5.19. The van der Waals surface area contributed by atoms with Crippen LogP contribution >= 0.6 is 0 Å². The van der Waals surface area contributed by atoms with Gasteiger partial charge in [-0.3, -0.25) is 0 Å². The first kappa shape index (κ1) is 5.92. The van der Waals surface area contributed by atoms with Crippen LogP contribution in [0.25, 0.3) is 0 Å². The van der Waals surface area contributed by atoms with Gasteiger partial charge in [-0.2, -0.15) is 0 Å². The molecule has 0 aromatic heterocycles. The number of aliphatic hydroxyl groups is 1. The maximum absolute atomic E-state index is 8.50. The van der Waals surface area contributed by atoms with E-state index in [0.29, 0.717) is 0 Å². The lowest BCUT2D eigenvalue weighted by molar-refractivity contribution is 0.170. The minimum Gasteiger partial charge on any atom is -0.392 e. The SMILES string of the molecule is CC(N)[C@@H](C)O.[H]. The average Bonchev–Trinajstić information content (AvgIpc) is 1.36. The van der Waals surface area contributed by atoms with Crippen molar-refractivity contribution < 1.29 is 6.53 Å². The Balaban J connectivity index is 0. The summed E-state index contributed by atoms with van der Waals surface area (Å²) in [6.45, 7) is 3.44. The molecule has 2 atom stereocenters. The first-order valence-electron chi connectivity index (χ1n) is 2.08. The first-order valence-corrected chi connectivity index (χ1v) is 2.08. The maximum atomic E-state index is 8.50. The Labute approximate surface area is 39.5 Å². The molecule has 0 saturated carbocycles. The summed E-state index contributed by atoms with van der Waals surface area (Å²) in [6, 6.07) is -0.0926. The zero-order chi connectivity index (χ0) is 5.15. The van der Waals surface area contributed by atoms with Gasteiger partial charge in [0.25, 0.3) is 0 Å². The van der Waals surface area contributed by atoms with Gasteiger partial charge in [0.05, 0.1) is 6.10 Å². The Morgan fingerprint density at radius 2 is 1.83 bits per heavy atom. The molecule has 6 heavy (non-hydrogen) atoms. The lowest BCUT2D eigenvalue weighted by Crippen LogP contribution is -2.28. The van der Waals surface area contributed by atoms with Crippen molar-refractivity contribution in [3.63, 3.8) is 0 Å². The molecule has 2 heteroatoms. The third kappa shape index (κ3) is 2.18. The van der Waals surface area contributed by atoms with Crippen molar-refractivity contribution in [3.8, 4) is 0 Å². The second kappa shape index (κ2) is 2.16. The van der Waals surface area contributed by atoms with Crippen molar-refractivity contribution in [2.24, 2.45) is 5.73 Å². The molecule has 0 spiro atoms. The fraction of sp³-hybridized carbons (Fsp3) is 1.00. The van der Waals surface area contributed by atoms with Crippen LogP contribution in [0.15, 0.2) is 0 Å². The van der Waals surface area contributed by atoms with Gasteiger partial charge in [-0.05, 0) is 13.8 Å². The van der Waals surface area contributed by atoms with E-state index in [-0.39, 0.29) is 13.6 Å². The fourth-order valence-electron chi connectivity index (χ4n) is 0. The van der Waals surface area contributed by atoms with E-state index in [0.717, 1.165) is 0 Å². The van der Waals surface area contributed by atoms with E-state index in [1.54, 1.807) is 13.8 Å². The highest BCUT2D eigenvalue weighted by atomic mass is 16.3. The molecule has 0 fully saturated rings. The van der Waals surface area contributed by atoms with Gasteiger partial charge in [-0.1, -0.05) is 0 Å². The van der Waals surface area contributed by atoms with Crippen LogP contribution in [0.1, 0.15) is 15.3 Å². The monoisotopic (exact) mass is 90.1 g/mol. The molecule has 0 heterocycles. The minimum atomic E-state index is -0.370. The zero-order valence-corrected chi connectivity index (χ0v) is 4.18. The number of hydrogen-bond acceptors (Lipinski definition) is 2. The van der Waals surface area contributed by atoms with Crippen molar-refractivity contribution in [2.45, 2.75) is 26.0 Å². The van der Waals surface area contributed by atoms with E-state index in [9.17, 15) is 0 Å². The molecule has 0 aliphatic heterocycles. The molecule has 0 aromatic rings. The Morgan fingerprint density at radius 1 is 1.67 bits per heavy atom. The van der Waals surface area contributed by atoms with Crippen LogP contribution in [0.5, 0.6) is 0 Å². The predicted molar refractivity (Wildman–Crippen MR) is 26.4 cm³/mol. The highest BCUT2D eigenvalue weighted by Gasteiger charge is 1.97. The molecule has 39 valence electrons. The van der Waals surface area contributed by atoms with E-state index in [1.165, 1.54) is 0 Å². The molecule has 1 radical (unpaired) electrons. The normalized spacial score (nSPS) is 20.0. The second-order valence-corrected chi connectivity index (χ2v) is 1.60. The largest absolute Gasteiger partial charge is 0.392 e. The van der Waals surface area contributed by atoms with E-state index < -0.39 is 0 Å². The third-order valence-corrected chi connectivity index (χ3v) is 0.761. The number of aliphatic hydroxyl groups excluding tert-OH is 1. The fourth-order valence-corrected chi connectivity index (χ4v) is 0. The molecule has 1 unspecified atom stereocenters. The number of hydrogen-bond donors (Lipinski definition) is 2. The smallest absolute Gasteiger partial charge is 0.0660 e. The van der Waals surface area contributed by atoms with Gasteiger partial charge in [-0.25, -0.2) is 0 Å². The van der Waals surface area contributed by atoms with Crippen molar-refractivity contribution in [1.29, 1.82) is 0 Å². The molecule has 0 aliphatic carbocycles. The van der Waals surface area contributed by atoms with Gasteiger partial charge in [0.2, 0.25) is 0 Å². The van der Waals surface area contributed by atoms with Crippen LogP contribution in [0.4, 0.5) is 0 Å². The van der Waals surface area contributed by atoms with Crippen LogP contribution in [0.2, 0.25) is 0 Å². The van der Waals surface area contributed by atoms with Crippen LogP contribution in [0.3, 0.4) is 0 Å².